The fourth-order valence-electron chi connectivity index (χ4n) is 2.84. The van der Waals surface area contributed by atoms with E-state index in [0.29, 0.717) is 29.9 Å². The zero-order valence-corrected chi connectivity index (χ0v) is 15.5. The van der Waals surface area contributed by atoms with E-state index < -0.39 is 6.09 Å². The van der Waals surface area contributed by atoms with E-state index in [1.807, 2.05) is 30.3 Å². The van der Waals surface area contributed by atoms with E-state index in [1.54, 1.807) is 6.20 Å². The first kappa shape index (κ1) is 18.2. The second kappa shape index (κ2) is 7.43. The van der Waals surface area contributed by atoms with Crippen molar-refractivity contribution in [2.75, 3.05) is 13.2 Å². The monoisotopic (exact) mass is 400 g/mol. The van der Waals surface area contributed by atoms with Crippen LogP contribution in [0.4, 0.5) is 4.79 Å². The molecule has 2 heterocycles. The van der Waals surface area contributed by atoms with Gasteiger partial charge in [0.25, 0.3) is 0 Å². The van der Waals surface area contributed by atoms with Crippen LogP contribution in [0.3, 0.4) is 0 Å². The number of carbonyl (C=O) groups is 1. The molecule has 0 atom stereocenters. The van der Waals surface area contributed by atoms with Crippen LogP contribution in [0.25, 0.3) is 22.5 Å². The van der Waals surface area contributed by atoms with Gasteiger partial charge in [-0.05, 0) is 29.7 Å². The second-order valence-corrected chi connectivity index (χ2v) is 7.13. The number of amides is 1. The van der Waals surface area contributed by atoms with E-state index in [4.69, 9.17) is 21.4 Å². The highest BCUT2D eigenvalue weighted by Crippen LogP contribution is 2.45. The van der Waals surface area contributed by atoms with Crippen LogP contribution < -0.4 is 10.1 Å². The molecule has 0 bridgehead atoms. The number of halogens is 1. The number of rotatable bonds is 7. The minimum atomic E-state index is -1.02. The molecule has 1 aliphatic rings. The van der Waals surface area contributed by atoms with Crippen molar-refractivity contribution in [3.8, 4) is 28.3 Å². The summed E-state index contributed by atoms with van der Waals surface area (Å²) in [6, 6.07) is 9.38. The molecule has 0 radical (unpaired) electrons. The highest BCUT2D eigenvalue weighted by atomic mass is 35.5. The molecule has 10 heteroatoms. The molecular weight excluding hydrogens is 384 g/mol. The number of benzene rings is 1. The molecule has 28 heavy (non-hydrogen) atoms. The molecule has 0 unspecified atom stereocenters. The predicted molar refractivity (Wildman–Crippen MR) is 101 cm³/mol. The van der Waals surface area contributed by atoms with E-state index in [2.05, 4.69) is 30.9 Å². The quantitative estimate of drug-likeness (QED) is 0.520. The zero-order chi connectivity index (χ0) is 19.6. The number of aromatic nitrogens is 5. The van der Waals surface area contributed by atoms with E-state index >= 15 is 0 Å². The minimum absolute atomic E-state index is 0.134. The Balaban J connectivity index is 1.47. The molecule has 144 valence electrons. The van der Waals surface area contributed by atoms with Crippen LogP contribution in [0.15, 0.2) is 36.5 Å². The maximum atomic E-state index is 10.7. The standard InChI is InChI=1S/C18H17ClN6O3/c19-15-14(11-1-3-12(4-2-11)16-22-24-25-23-16)7-13(8-20-15)28-10-18(5-6-18)9-21-17(26)27/h1-4,7-8,21H,5-6,9-10H2,(H,26,27)(H,22,23,24,25). The Morgan fingerprint density at radius 3 is 2.68 bits per heavy atom. The summed E-state index contributed by atoms with van der Waals surface area (Å²) < 4.78 is 5.88. The van der Waals surface area contributed by atoms with Crippen molar-refractivity contribution in [2.45, 2.75) is 12.8 Å². The summed E-state index contributed by atoms with van der Waals surface area (Å²) in [5.41, 5.74) is 2.32. The number of nitrogens with one attached hydrogen (secondary N) is 2. The maximum absolute atomic E-state index is 10.7. The van der Waals surface area contributed by atoms with Gasteiger partial charge >= 0.3 is 6.09 Å². The van der Waals surface area contributed by atoms with Crippen LogP contribution in [-0.2, 0) is 0 Å². The van der Waals surface area contributed by atoms with E-state index in [-0.39, 0.29) is 5.41 Å². The van der Waals surface area contributed by atoms with Gasteiger partial charge in [0.15, 0.2) is 0 Å². The summed E-state index contributed by atoms with van der Waals surface area (Å²) >= 11 is 6.28. The third kappa shape index (κ3) is 4.04. The molecule has 2 aromatic heterocycles. The lowest BCUT2D eigenvalue weighted by atomic mass is 10.1. The smallest absolute Gasteiger partial charge is 0.404 e. The lowest BCUT2D eigenvalue weighted by Crippen LogP contribution is -2.31. The van der Waals surface area contributed by atoms with Crippen LogP contribution in [0.2, 0.25) is 5.15 Å². The fraction of sp³-hybridized carbons (Fsp3) is 0.278. The summed E-state index contributed by atoms with van der Waals surface area (Å²) in [6.07, 6.45) is 2.41. The molecule has 1 fully saturated rings. The van der Waals surface area contributed by atoms with Gasteiger partial charge in [-0.3, -0.25) is 0 Å². The van der Waals surface area contributed by atoms with Gasteiger partial charge in [-0.25, -0.2) is 9.78 Å². The fourth-order valence-corrected chi connectivity index (χ4v) is 3.05. The third-order valence-electron chi connectivity index (χ3n) is 4.73. The molecule has 1 amide bonds. The second-order valence-electron chi connectivity index (χ2n) is 6.77. The molecule has 3 aromatic rings. The molecule has 0 spiro atoms. The van der Waals surface area contributed by atoms with Gasteiger partial charge in [-0.2, -0.15) is 5.21 Å². The number of aromatic amines is 1. The van der Waals surface area contributed by atoms with Gasteiger partial charge in [0, 0.05) is 23.1 Å². The lowest BCUT2D eigenvalue weighted by Gasteiger charge is -2.16. The first-order valence-corrected chi connectivity index (χ1v) is 9.02. The van der Waals surface area contributed by atoms with Crippen molar-refractivity contribution >= 4 is 17.7 Å². The normalized spacial score (nSPS) is 14.5. The van der Waals surface area contributed by atoms with Crippen LogP contribution >= 0.6 is 11.6 Å². The Kier molecular flexibility index (Phi) is 4.82. The highest BCUT2D eigenvalue weighted by Gasteiger charge is 2.43. The lowest BCUT2D eigenvalue weighted by molar-refractivity contribution is 0.184. The summed E-state index contributed by atoms with van der Waals surface area (Å²) in [5, 5.41) is 25.5. The number of hydrogen-bond acceptors (Lipinski definition) is 6. The summed E-state index contributed by atoms with van der Waals surface area (Å²) in [4.78, 5) is 14.9. The number of H-pyrrole nitrogens is 1. The Morgan fingerprint density at radius 2 is 2.04 bits per heavy atom. The van der Waals surface area contributed by atoms with Crippen LogP contribution in [0.1, 0.15) is 12.8 Å². The topological polar surface area (TPSA) is 126 Å². The number of ether oxygens (including phenoxy) is 1. The van der Waals surface area contributed by atoms with E-state index in [0.717, 1.165) is 29.5 Å². The number of carboxylic acid groups (broad SMARTS) is 1. The first-order valence-electron chi connectivity index (χ1n) is 8.64. The summed E-state index contributed by atoms with van der Waals surface area (Å²) in [5.74, 6) is 1.10. The van der Waals surface area contributed by atoms with Crippen molar-refractivity contribution in [3.05, 3.63) is 41.7 Å². The molecular formula is C18H17ClN6O3. The Morgan fingerprint density at radius 1 is 1.29 bits per heavy atom. The first-order chi connectivity index (χ1) is 13.5. The van der Waals surface area contributed by atoms with Gasteiger partial charge in [0.05, 0.1) is 12.8 Å². The molecule has 0 saturated heterocycles. The Labute approximate surface area is 165 Å². The Hall–Kier alpha value is -3.20. The van der Waals surface area contributed by atoms with Crippen molar-refractivity contribution in [2.24, 2.45) is 5.41 Å². The summed E-state index contributed by atoms with van der Waals surface area (Å²) in [6.45, 7) is 0.806. The molecule has 3 N–H and O–H groups in total. The molecule has 0 aliphatic heterocycles. The third-order valence-corrected chi connectivity index (χ3v) is 5.03. The molecule has 4 rings (SSSR count). The minimum Gasteiger partial charge on any atom is -0.491 e. The molecule has 1 aromatic carbocycles. The average Bonchev–Trinajstić information content (AvgIpc) is 3.26. The average molecular weight is 401 g/mol. The zero-order valence-electron chi connectivity index (χ0n) is 14.7. The predicted octanol–water partition coefficient (Wildman–Crippen LogP) is 3.01. The largest absolute Gasteiger partial charge is 0.491 e. The van der Waals surface area contributed by atoms with Crippen LogP contribution in [0.5, 0.6) is 5.75 Å². The number of hydrogen-bond donors (Lipinski definition) is 3. The van der Waals surface area contributed by atoms with Gasteiger partial charge in [-0.15, -0.1) is 10.2 Å². The molecule has 9 nitrogen and oxygen atoms in total. The van der Waals surface area contributed by atoms with E-state index in [1.165, 1.54) is 0 Å². The van der Waals surface area contributed by atoms with Crippen molar-refractivity contribution in [1.82, 2.24) is 30.9 Å². The van der Waals surface area contributed by atoms with Gasteiger partial charge in [-0.1, -0.05) is 35.9 Å². The Bertz CT molecular complexity index is 973. The maximum Gasteiger partial charge on any atom is 0.404 e. The summed E-state index contributed by atoms with van der Waals surface area (Å²) in [7, 11) is 0. The van der Waals surface area contributed by atoms with Crippen LogP contribution in [0, 0.1) is 5.41 Å². The SMILES string of the molecule is O=C(O)NCC1(COc2cnc(Cl)c(-c3ccc(-c4nn[nH]n4)cc3)c2)CC1. The van der Waals surface area contributed by atoms with Gasteiger partial charge in [0.2, 0.25) is 5.82 Å². The number of pyridine rings is 1. The van der Waals surface area contributed by atoms with Crippen LogP contribution in [-0.4, -0.2) is 50.0 Å². The van der Waals surface area contributed by atoms with Crippen molar-refractivity contribution in [3.63, 3.8) is 0 Å². The van der Waals surface area contributed by atoms with Gasteiger partial charge < -0.3 is 15.2 Å². The van der Waals surface area contributed by atoms with Crippen molar-refractivity contribution < 1.29 is 14.6 Å². The van der Waals surface area contributed by atoms with Gasteiger partial charge in [0.1, 0.15) is 10.9 Å². The highest BCUT2D eigenvalue weighted by molar-refractivity contribution is 6.32. The molecule has 1 aliphatic carbocycles. The van der Waals surface area contributed by atoms with E-state index in [9.17, 15) is 4.79 Å². The molecule has 1 saturated carbocycles. The number of tetrazole rings is 1. The van der Waals surface area contributed by atoms with Crippen molar-refractivity contribution in [1.29, 1.82) is 0 Å². The number of nitrogens with zero attached hydrogens (tertiary/aromatic N) is 4.